The zero-order chi connectivity index (χ0) is 12.3. The molecule has 0 aliphatic rings. The summed E-state index contributed by atoms with van der Waals surface area (Å²) in [5.41, 5.74) is 1.96. The third kappa shape index (κ3) is 4.03. The molecule has 16 heavy (non-hydrogen) atoms. The first-order chi connectivity index (χ1) is 7.29. The number of hydrogen-bond donors (Lipinski definition) is 2. The van der Waals surface area contributed by atoms with Gasteiger partial charge in [-0.3, -0.25) is 0 Å². The van der Waals surface area contributed by atoms with Crippen molar-refractivity contribution < 1.29 is 18.3 Å². The van der Waals surface area contributed by atoms with Crippen molar-refractivity contribution in [1.82, 2.24) is 0 Å². The Morgan fingerprint density at radius 3 is 2.12 bits per heavy atom. The van der Waals surface area contributed by atoms with Crippen LogP contribution >= 0.6 is 11.8 Å². The van der Waals surface area contributed by atoms with Gasteiger partial charge in [0.1, 0.15) is 0 Å². The molecule has 0 fully saturated rings. The summed E-state index contributed by atoms with van der Waals surface area (Å²) in [6, 6.07) is 5.09. The molecule has 0 heterocycles. The van der Waals surface area contributed by atoms with E-state index in [0.29, 0.717) is 5.56 Å². The quantitative estimate of drug-likeness (QED) is 0.812. The van der Waals surface area contributed by atoms with Gasteiger partial charge in [0.2, 0.25) is 0 Å². The lowest BCUT2D eigenvalue weighted by atomic mass is 10.0. The van der Waals surface area contributed by atoms with Gasteiger partial charge in [-0.2, -0.15) is 13.2 Å². The molecule has 6 heteroatoms. The Balaban J connectivity index is 2.76. The molecule has 0 aliphatic carbocycles. The summed E-state index contributed by atoms with van der Waals surface area (Å²) in [7, 11) is 0. The lowest BCUT2D eigenvalue weighted by molar-refractivity contribution is -0.0328. The van der Waals surface area contributed by atoms with Gasteiger partial charge in [0.15, 0.2) is 0 Å². The summed E-state index contributed by atoms with van der Waals surface area (Å²) >= 11 is -0.174. The lowest BCUT2D eigenvalue weighted by Crippen LogP contribution is -2.22. The highest BCUT2D eigenvalue weighted by atomic mass is 32.2. The zero-order valence-corrected chi connectivity index (χ0v) is 9.35. The molecule has 0 radical (unpaired) electrons. The molecule has 1 aromatic carbocycles. The molecule has 0 saturated heterocycles. The van der Waals surface area contributed by atoms with E-state index < -0.39 is 17.7 Å². The first kappa shape index (κ1) is 13.3. The monoisotopic (exact) mass is 251 g/mol. The molecule has 0 aromatic heterocycles. The van der Waals surface area contributed by atoms with Crippen LogP contribution < -0.4 is 5.73 Å². The van der Waals surface area contributed by atoms with E-state index in [1.165, 1.54) is 31.2 Å². The standard InChI is InChI=1S/C10H12F3NOS/c1-6(15)9(14)7-2-4-8(5-3-7)16-10(11,12)13/h2-6,9,15H,14H2,1H3/t6-,9-/m0/s1. The second-order valence-corrected chi connectivity index (χ2v) is 4.52. The second-order valence-electron chi connectivity index (χ2n) is 3.38. The van der Waals surface area contributed by atoms with Gasteiger partial charge in [-0.15, -0.1) is 0 Å². The fourth-order valence-electron chi connectivity index (χ4n) is 1.17. The summed E-state index contributed by atoms with van der Waals surface area (Å²) in [5.74, 6) is 0. The van der Waals surface area contributed by atoms with E-state index in [1.54, 1.807) is 0 Å². The number of halogens is 3. The summed E-state index contributed by atoms with van der Waals surface area (Å²) in [4.78, 5) is 0.106. The molecule has 2 nitrogen and oxygen atoms in total. The number of benzene rings is 1. The molecule has 1 rings (SSSR count). The maximum Gasteiger partial charge on any atom is 0.446 e. The third-order valence-corrected chi connectivity index (χ3v) is 2.76. The van der Waals surface area contributed by atoms with Gasteiger partial charge in [0.25, 0.3) is 0 Å². The first-order valence-corrected chi connectivity index (χ1v) is 5.40. The number of aliphatic hydroxyl groups is 1. The molecule has 0 aliphatic heterocycles. The van der Waals surface area contributed by atoms with Crippen LogP contribution in [0.4, 0.5) is 13.2 Å². The van der Waals surface area contributed by atoms with Crippen molar-refractivity contribution in [3.63, 3.8) is 0 Å². The van der Waals surface area contributed by atoms with Crippen LogP contribution in [0, 0.1) is 0 Å². The normalized spacial score (nSPS) is 15.9. The minimum absolute atomic E-state index is 0.106. The van der Waals surface area contributed by atoms with Crippen molar-refractivity contribution in [2.24, 2.45) is 5.73 Å². The Hall–Kier alpha value is -0.720. The van der Waals surface area contributed by atoms with Crippen LogP contribution in [0.25, 0.3) is 0 Å². The average Bonchev–Trinajstić information content (AvgIpc) is 2.15. The van der Waals surface area contributed by atoms with Crippen molar-refractivity contribution in [1.29, 1.82) is 0 Å². The Labute approximate surface area is 95.6 Å². The Morgan fingerprint density at radius 2 is 1.75 bits per heavy atom. The number of rotatable bonds is 3. The van der Waals surface area contributed by atoms with E-state index in [0.717, 1.165) is 0 Å². The van der Waals surface area contributed by atoms with Gasteiger partial charge in [0, 0.05) is 4.90 Å². The molecule has 3 N–H and O–H groups in total. The van der Waals surface area contributed by atoms with E-state index in [9.17, 15) is 18.3 Å². The summed E-state index contributed by atoms with van der Waals surface area (Å²) in [6.07, 6.45) is -0.735. The molecule has 2 atom stereocenters. The summed E-state index contributed by atoms with van der Waals surface area (Å²) in [6.45, 7) is 1.53. The number of nitrogens with two attached hydrogens (primary N) is 1. The highest BCUT2D eigenvalue weighted by Crippen LogP contribution is 2.36. The number of thioether (sulfide) groups is 1. The minimum Gasteiger partial charge on any atom is -0.391 e. The van der Waals surface area contributed by atoms with Crippen LogP contribution in [0.2, 0.25) is 0 Å². The smallest absolute Gasteiger partial charge is 0.391 e. The van der Waals surface area contributed by atoms with E-state index in [1.807, 2.05) is 0 Å². The Morgan fingerprint density at radius 1 is 1.25 bits per heavy atom. The van der Waals surface area contributed by atoms with Crippen LogP contribution in [0.5, 0.6) is 0 Å². The van der Waals surface area contributed by atoms with Gasteiger partial charge in [-0.25, -0.2) is 0 Å². The molecule has 90 valence electrons. The maximum atomic E-state index is 12.0. The second kappa shape index (κ2) is 5.07. The summed E-state index contributed by atoms with van der Waals surface area (Å²) in [5, 5.41) is 9.22. The number of hydrogen-bond acceptors (Lipinski definition) is 3. The highest BCUT2D eigenvalue weighted by Gasteiger charge is 2.29. The van der Waals surface area contributed by atoms with Crippen LogP contribution in [0.3, 0.4) is 0 Å². The molecule has 0 saturated carbocycles. The number of alkyl halides is 3. The fraction of sp³-hybridized carbons (Fsp3) is 0.400. The van der Waals surface area contributed by atoms with Crippen LogP contribution in [0.1, 0.15) is 18.5 Å². The van der Waals surface area contributed by atoms with Crippen molar-refractivity contribution in [2.75, 3.05) is 0 Å². The van der Waals surface area contributed by atoms with Gasteiger partial charge in [0.05, 0.1) is 12.1 Å². The van der Waals surface area contributed by atoms with Crippen molar-refractivity contribution in [3.8, 4) is 0 Å². The molecular formula is C10H12F3NOS. The van der Waals surface area contributed by atoms with Crippen molar-refractivity contribution >= 4 is 11.8 Å². The lowest BCUT2D eigenvalue weighted by Gasteiger charge is -2.15. The molecular weight excluding hydrogens is 239 g/mol. The van der Waals surface area contributed by atoms with Gasteiger partial charge >= 0.3 is 5.51 Å². The van der Waals surface area contributed by atoms with Crippen LogP contribution in [-0.2, 0) is 0 Å². The summed E-state index contributed by atoms with van der Waals surface area (Å²) < 4.78 is 36.1. The Bertz CT molecular complexity index is 337. The van der Waals surface area contributed by atoms with Gasteiger partial charge < -0.3 is 10.8 Å². The zero-order valence-electron chi connectivity index (χ0n) is 8.53. The predicted molar refractivity (Wildman–Crippen MR) is 57.0 cm³/mol. The fourth-order valence-corrected chi connectivity index (χ4v) is 1.71. The SMILES string of the molecule is C[C@H](O)[C@H](N)c1ccc(SC(F)(F)F)cc1. The first-order valence-electron chi connectivity index (χ1n) is 4.59. The topological polar surface area (TPSA) is 46.2 Å². The highest BCUT2D eigenvalue weighted by molar-refractivity contribution is 8.00. The van der Waals surface area contributed by atoms with E-state index >= 15 is 0 Å². The van der Waals surface area contributed by atoms with Crippen LogP contribution in [0.15, 0.2) is 29.2 Å². The third-order valence-electron chi connectivity index (χ3n) is 2.02. The Kier molecular flexibility index (Phi) is 4.23. The molecule has 0 bridgehead atoms. The van der Waals surface area contributed by atoms with E-state index in [-0.39, 0.29) is 16.7 Å². The van der Waals surface area contributed by atoms with E-state index in [2.05, 4.69) is 0 Å². The minimum atomic E-state index is -4.28. The predicted octanol–water partition coefficient (Wildman–Crippen LogP) is 2.68. The average molecular weight is 251 g/mol. The molecule has 1 aromatic rings. The number of aliphatic hydroxyl groups excluding tert-OH is 1. The molecule has 0 amide bonds. The van der Waals surface area contributed by atoms with Crippen molar-refractivity contribution in [2.45, 2.75) is 29.5 Å². The largest absolute Gasteiger partial charge is 0.446 e. The maximum absolute atomic E-state index is 12.0. The van der Waals surface area contributed by atoms with E-state index in [4.69, 9.17) is 5.73 Å². The van der Waals surface area contributed by atoms with Crippen LogP contribution in [-0.4, -0.2) is 16.7 Å². The molecule has 0 spiro atoms. The van der Waals surface area contributed by atoms with Gasteiger partial charge in [-0.05, 0) is 36.4 Å². The van der Waals surface area contributed by atoms with Crippen molar-refractivity contribution in [3.05, 3.63) is 29.8 Å². The van der Waals surface area contributed by atoms with Gasteiger partial charge in [-0.1, -0.05) is 12.1 Å². The molecule has 0 unspecified atom stereocenters.